The lowest BCUT2D eigenvalue weighted by Gasteiger charge is -2.19. The standard InChI is InChI=1S/C20H27N3O3/c1-4-14(3)15-6-8-16(9-7-15)17(5-2)21-19(24)11-13-23-12-10-18(22-23)20(25)26/h6-10,12,14,17H,4-5,11,13H2,1-3H3,(H,21,24)(H,25,26). The molecule has 0 aliphatic carbocycles. The Morgan fingerprint density at radius 3 is 2.31 bits per heavy atom. The topological polar surface area (TPSA) is 84.2 Å². The zero-order valence-corrected chi connectivity index (χ0v) is 15.6. The molecule has 0 saturated heterocycles. The highest BCUT2D eigenvalue weighted by Crippen LogP contribution is 2.22. The summed E-state index contributed by atoms with van der Waals surface area (Å²) in [7, 11) is 0. The van der Waals surface area contributed by atoms with Crippen LogP contribution in [0.1, 0.15) is 73.6 Å². The van der Waals surface area contributed by atoms with Crippen molar-refractivity contribution in [3.63, 3.8) is 0 Å². The van der Waals surface area contributed by atoms with E-state index >= 15 is 0 Å². The molecule has 2 N–H and O–H groups in total. The Labute approximate surface area is 154 Å². The van der Waals surface area contributed by atoms with Crippen molar-refractivity contribution in [1.82, 2.24) is 15.1 Å². The van der Waals surface area contributed by atoms with Gasteiger partial charge in [0.25, 0.3) is 0 Å². The lowest BCUT2D eigenvalue weighted by molar-refractivity contribution is -0.122. The van der Waals surface area contributed by atoms with Crippen molar-refractivity contribution < 1.29 is 14.7 Å². The molecule has 2 atom stereocenters. The molecule has 26 heavy (non-hydrogen) atoms. The molecule has 0 saturated carbocycles. The summed E-state index contributed by atoms with van der Waals surface area (Å²) in [6.07, 6.45) is 3.73. The van der Waals surface area contributed by atoms with Gasteiger partial charge in [0.05, 0.1) is 6.04 Å². The fraction of sp³-hybridized carbons (Fsp3) is 0.450. The van der Waals surface area contributed by atoms with Gasteiger partial charge in [-0.1, -0.05) is 45.0 Å². The number of aromatic carboxylic acids is 1. The average molecular weight is 357 g/mol. The van der Waals surface area contributed by atoms with Crippen molar-refractivity contribution in [2.75, 3.05) is 0 Å². The summed E-state index contributed by atoms with van der Waals surface area (Å²) in [6.45, 7) is 6.77. The van der Waals surface area contributed by atoms with E-state index in [1.165, 1.54) is 16.3 Å². The van der Waals surface area contributed by atoms with Gasteiger partial charge in [-0.05, 0) is 36.0 Å². The van der Waals surface area contributed by atoms with Crippen LogP contribution in [0.5, 0.6) is 0 Å². The Bertz CT molecular complexity index is 737. The van der Waals surface area contributed by atoms with E-state index in [0.717, 1.165) is 18.4 Å². The van der Waals surface area contributed by atoms with E-state index < -0.39 is 5.97 Å². The van der Waals surface area contributed by atoms with Crippen molar-refractivity contribution in [2.45, 2.75) is 58.5 Å². The number of carboxylic acids is 1. The maximum absolute atomic E-state index is 12.3. The lowest BCUT2D eigenvalue weighted by atomic mass is 9.95. The molecular formula is C20H27N3O3. The number of aromatic nitrogens is 2. The van der Waals surface area contributed by atoms with Gasteiger partial charge in [0, 0.05) is 19.2 Å². The molecule has 0 fully saturated rings. The Morgan fingerprint density at radius 2 is 1.77 bits per heavy atom. The van der Waals surface area contributed by atoms with Crippen LogP contribution in [0.4, 0.5) is 0 Å². The molecule has 6 nitrogen and oxygen atoms in total. The fourth-order valence-electron chi connectivity index (χ4n) is 2.80. The molecule has 1 amide bonds. The van der Waals surface area contributed by atoms with Crippen LogP contribution in [-0.2, 0) is 11.3 Å². The SMILES string of the molecule is CCC(C)c1ccc(C(CC)NC(=O)CCn2ccc(C(=O)O)n2)cc1. The number of rotatable bonds is 9. The Balaban J connectivity index is 1.91. The Kier molecular flexibility index (Phi) is 6.95. The third-order valence-electron chi connectivity index (χ3n) is 4.69. The summed E-state index contributed by atoms with van der Waals surface area (Å²) in [4.78, 5) is 23.1. The molecule has 2 unspecified atom stereocenters. The summed E-state index contributed by atoms with van der Waals surface area (Å²) >= 11 is 0. The number of carbonyl (C=O) groups excluding carboxylic acids is 1. The lowest BCUT2D eigenvalue weighted by Crippen LogP contribution is -2.29. The maximum Gasteiger partial charge on any atom is 0.356 e. The number of nitrogens with zero attached hydrogens (tertiary/aromatic N) is 2. The summed E-state index contributed by atoms with van der Waals surface area (Å²) in [5.41, 5.74) is 2.39. The molecule has 1 aromatic heterocycles. The van der Waals surface area contributed by atoms with Crippen LogP contribution < -0.4 is 5.32 Å². The highest BCUT2D eigenvalue weighted by molar-refractivity contribution is 5.85. The van der Waals surface area contributed by atoms with Crippen LogP contribution in [0.25, 0.3) is 0 Å². The van der Waals surface area contributed by atoms with Crippen LogP contribution in [0.2, 0.25) is 0 Å². The summed E-state index contributed by atoms with van der Waals surface area (Å²) in [6, 6.07) is 9.84. The second kappa shape index (κ2) is 9.17. The molecule has 6 heteroatoms. The highest BCUT2D eigenvalue weighted by Gasteiger charge is 2.14. The number of benzene rings is 1. The van der Waals surface area contributed by atoms with Gasteiger partial charge in [-0.2, -0.15) is 5.10 Å². The van der Waals surface area contributed by atoms with E-state index in [1.807, 2.05) is 6.92 Å². The van der Waals surface area contributed by atoms with E-state index in [0.29, 0.717) is 12.5 Å². The first-order valence-electron chi connectivity index (χ1n) is 9.10. The average Bonchev–Trinajstić information content (AvgIpc) is 3.13. The van der Waals surface area contributed by atoms with Crippen molar-refractivity contribution in [1.29, 1.82) is 0 Å². The molecule has 1 aromatic carbocycles. The number of hydrogen-bond donors (Lipinski definition) is 2. The smallest absolute Gasteiger partial charge is 0.356 e. The zero-order chi connectivity index (χ0) is 19.1. The molecule has 1 heterocycles. The van der Waals surface area contributed by atoms with Crippen LogP contribution in [-0.4, -0.2) is 26.8 Å². The normalized spacial score (nSPS) is 13.2. The number of hydrogen-bond acceptors (Lipinski definition) is 3. The van der Waals surface area contributed by atoms with Gasteiger partial charge in [0.15, 0.2) is 5.69 Å². The predicted molar refractivity (Wildman–Crippen MR) is 100 cm³/mol. The van der Waals surface area contributed by atoms with E-state index in [1.54, 1.807) is 6.20 Å². The Hall–Kier alpha value is -2.63. The number of carboxylic acid groups (broad SMARTS) is 1. The summed E-state index contributed by atoms with van der Waals surface area (Å²) in [5.74, 6) is -0.612. The van der Waals surface area contributed by atoms with Gasteiger partial charge in [-0.3, -0.25) is 9.48 Å². The first kappa shape index (κ1) is 19.7. The fourth-order valence-corrected chi connectivity index (χ4v) is 2.80. The van der Waals surface area contributed by atoms with Crippen LogP contribution in [0.3, 0.4) is 0 Å². The third kappa shape index (κ3) is 5.18. The molecule has 2 aromatic rings. The second-order valence-corrected chi connectivity index (χ2v) is 6.52. The molecule has 0 radical (unpaired) electrons. The van der Waals surface area contributed by atoms with Gasteiger partial charge in [0.1, 0.15) is 0 Å². The third-order valence-corrected chi connectivity index (χ3v) is 4.69. The quantitative estimate of drug-likeness (QED) is 0.716. The second-order valence-electron chi connectivity index (χ2n) is 6.52. The first-order chi connectivity index (χ1) is 12.4. The minimum atomic E-state index is -1.07. The molecular weight excluding hydrogens is 330 g/mol. The minimum absolute atomic E-state index is 0.0155. The van der Waals surface area contributed by atoms with Crippen LogP contribution in [0.15, 0.2) is 36.5 Å². The number of aryl methyl sites for hydroxylation is 1. The van der Waals surface area contributed by atoms with Crippen molar-refractivity contribution in [2.24, 2.45) is 0 Å². The Morgan fingerprint density at radius 1 is 1.12 bits per heavy atom. The van der Waals surface area contributed by atoms with Gasteiger partial charge < -0.3 is 10.4 Å². The largest absolute Gasteiger partial charge is 0.476 e. The molecule has 0 bridgehead atoms. The van der Waals surface area contributed by atoms with Crippen LogP contribution >= 0.6 is 0 Å². The number of amides is 1. The van der Waals surface area contributed by atoms with E-state index in [9.17, 15) is 9.59 Å². The van der Waals surface area contributed by atoms with Gasteiger partial charge in [0.2, 0.25) is 5.91 Å². The molecule has 0 spiro atoms. The van der Waals surface area contributed by atoms with E-state index in [-0.39, 0.29) is 24.1 Å². The van der Waals surface area contributed by atoms with Crippen molar-refractivity contribution in [3.8, 4) is 0 Å². The zero-order valence-electron chi connectivity index (χ0n) is 15.6. The van der Waals surface area contributed by atoms with Gasteiger partial charge in [-0.25, -0.2) is 4.79 Å². The number of nitrogens with one attached hydrogen (secondary N) is 1. The monoisotopic (exact) mass is 357 g/mol. The predicted octanol–water partition coefficient (Wildman–Crippen LogP) is 3.75. The first-order valence-corrected chi connectivity index (χ1v) is 9.10. The molecule has 0 aliphatic heterocycles. The van der Waals surface area contributed by atoms with Crippen molar-refractivity contribution in [3.05, 3.63) is 53.3 Å². The van der Waals surface area contributed by atoms with Gasteiger partial charge in [-0.15, -0.1) is 0 Å². The van der Waals surface area contributed by atoms with E-state index in [4.69, 9.17) is 5.11 Å². The minimum Gasteiger partial charge on any atom is -0.476 e. The molecule has 140 valence electrons. The highest BCUT2D eigenvalue weighted by atomic mass is 16.4. The van der Waals surface area contributed by atoms with E-state index in [2.05, 4.69) is 48.5 Å². The van der Waals surface area contributed by atoms with Crippen LogP contribution in [0, 0.1) is 0 Å². The maximum atomic E-state index is 12.3. The van der Waals surface area contributed by atoms with Gasteiger partial charge >= 0.3 is 5.97 Å². The summed E-state index contributed by atoms with van der Waals surface area (Å²) in [5, 5.41) is 15.8. The molecule has 0 aliphatic rings. The number of carbonyl (C=O) groups is 2. The molecule has 2 rings (SSSR count). The summed E-state index contributed by atoms with van der Waals surface area (Å²) < 4.78 is 1.48. The van der Waals surface area contributed by atoms with Crippen molar-refractivity contribution >= 4 is 11.9 Å².